The molecule has 2 fully saturated rings. The van der Waals surface area contributed by atoms with Gasteiger partial charge in [-0.1, -0.05) is 0 Å². The molecular formula is C29H39N7O6. The van der Waals surface area contributed by atoms with Crippen LogP contribution >= 0.6 is 0 Å². The van der Waals surface area contributed by atoms with E-state index < -0.39 is 17.8 Å². The Morgan fingerprint density at radius 1 is 1.19 bits per heavy atom. The number of fused-ring (bicyclic) bond motifs is 1. The quantitative estimate of drug-likeness (QED) is 0.381. The van der Waals surface area contributed by atoms with E-state index in [0.717, 1.165) is 19.3 Å². The van der Waals surface area contributed by atoms with E-state index in [4.69, 9.17) is 9.47 Å². The molecule has 3 aromatic rings. The van der Waals surface area contributed by atoms with Gasteiger partial charge in [0, 0.05) is 32.5 Å². The number of rotatable bonds is 7. The Balaban J connectivity index is 1.52. The highest BCUT2D eigenvalue weighted by Crippen LogP contribution is 2.30. The standard InChI is InChI=1S/C29H39N7O6/c1-29(2,3)42-28(40)34(4)24-15-23(32-20-8-7-13-35(27(20)39)21-9-6-10-22(21)37)33-25-19(16-30-36(24)25)26(38)31-17-11-12-18(14-17)41-5/h7-8,13,15-18,21-22,37H,6,9-12,14H2,1-5H3,(H,31,38)(H,32,33)/t17-,18-,21+,22-/m0/s1. The zero-order valence-electron chi connectivity index (χ0n) is 24.7. The molecule has 3 heterocycles. The summed E-state index contributed by atoms with van der Waals surface area (Å²) in [5.74, 6) is 0.155. The number of aromatic nitrogens is 4. The molecule has 0 aliphatic heterocycles. The van der Waals surface area contributed by atoms with Crippen LogP contribution in [0.15, 0.2) is 35.4 Å². The summed E-state index contributed by atoms with van der Waals surface area (Å²) in [7, 11) is 3.20. The molecule has 0 radical (unpaired) electrons. The molecule has 226 valence electrons. The van der Waals surface area contributed by atoms with Gasteiger partial charge < -0.3 is 29.8 Å². The van der Waals surface area contributed by atoms with E-state index in [0.29, 0.717) is 19.3 Å². The second-order valence-corrected chi connectivity index (χ2v) is 12.0. The van der Waals surface area contributed by atoms with E-state index in [1.54, 1.807) is 56.8 Å². The summed E-state index contributed by atoms with van der Waals surface area (Å²) in [6.45, 7) is 5.30. The minimum atomic E-state index is -0.741. The van der Waals surface area contributed by atoms with Gasteiger partial charge >= 0.3 is 6.09 Å². The SMILES string of the molecule is CO[C@H]1CC[C@H](NC(=O)c2cnn3c(N(C)C(=O)OC(C)(C)C)cc(Nc4cccn([C@@H]5CCC[C@@H]5O)c4=O)nc23)C1. The molecule has 3 N–H and O–H groups in total. The van der Waals surface area contributed by atoms with Crippen LogP contribution in [0.1, 0.15) is 75.7 Å². The van der Waals surface area contributed by atoms with Crippen molar-refractivity contribution >= 4 is 35.0 Å². The van der Waals surface area contributed by atoms with Crippen molar-refractivity contribution in [3.8, 4) is 0 Å². The molecule has 13 heteroatoms. The Bertz CT molecular complexity index is 1530. The molecule has 0 aromatic carbocycles. The van der Waals surface area contributed by atoms with Crippen molar-refractivity contribution in [1.82, 2.24) is 24.5 Å². The van der Waals surface area contributed by atoms with Crippen LogP contribution in [0.5, 0.6) is 0 Å². The zero-order chi connectivity index (χ0) is 30.2. The number of aliphatic hydroxyl groups is 1. The molecule has 13 nitrogen and oxygen atoms in total. The maximum absolute atomic E-state index is 13.4. The minimum Gasteiger partial charge on any atom is -0.443 e. The van der Waals surface area contributed by atoms with E-state index >= 15 is 0 Å². The molecule has 5 rings (SSSR count). The fourth-order valence-corrected chi connectivity index (χ4v) is 5.63. The molecule has 2 aliphatic carbocycles. The lowest BCUT2D eigenvalue weighted by Gasteiger charge is -2.25. The number of nitrogens with zero attached hydrogens (tertiary/aromatic N) is 5. The lowest BCUT2D eigenvalue weighted by Crippen LogP contribution is -2.35. The predicted octanol–water partition coefficient (Wildman–Crippen LogP) is 3.39. The Hall–Kier alpha value is -3.97. The average molecular weight is 582 g/mol. The first-order chi connectivity index (χ1) is 19.9. The van der Waals surface area contributed by atoms with Crippen LogP contribution < -0.4 is 21.1 Å². The van der Waals surface area contributed by atoms with E-state index in [1.165, 1.54) is 22.7 Å². The number of methoxy groups -OCH3 is 1. The van der Waals surface area contributed by atoms with Crippen LogP contribution in [0.2, 0.25) is 0 Å². The molecular weight excluding hydrogens is 542 g/mol. The number of ether oxygens (including phenoxy) is 2. The van der Waals surface area contributed by atoms with Crippen molar-refractivity contribution < 1.29 is 24.2 Å². The molecule has 42 heavy (non-hydrogen) atoms. The predicted molar refractivity (Wildman–Crippen MR) is 156 cm³/mol. The topological polar surface area (TPSA) is 152 Å². The first kappa shape index (κ1) is 29.5. The van der Waals surface area contributed by atoms with Gasteiger partial charge in [0.2, 0.25) is 0 Å². The highest BCUT2D eigenvalue weighted by Gasteiger charge is 2.30. The number of pyridine rings is 1. The number of carbonyl (C=O) groups excluding carboxylic acids is 2. The molecule has 0 saturated heterocycles. The summed E-state index contributed by atoms with van der Waals surface area (Å²) >= 11 is 0. The summed E-state index contributed by atoms with van der Waals surface area (Å²) in [4.78, 5) is 45.7. The monoisotopic (exact) mass is 581 g/mol. The van der Waals surface area contributed by atoms with Gasteiger partial charge in [0.1, 0.15) is 28.5 Å². The van der Waals surface area contributed by atoms with Crippen molar-refractivity contribution in [2.45, 2.75) is 89.2 Å². The fraction of sp³-hybridized carbons (Fsp3) is 0.552. The summed E-state index contributed by atoms with van der Waals surface area (Å²) in [6.07, 6.45) is 6.53. The lowest BCUT2D eigenvalue weighted by molar-refractivity contribution is 0.0587. The fourth-order valence-electron chi connectivity index (χ4n) is 5.63. The lowest BCUT2D eigenvalue weighted by atomic mass is 10.2. The van der Waals surface area contributed by atoms with Crippen molar-refractivity contribution in [3.05, 3.63) is 46.5 Å². The van der Waals surface area contributed by atoms with Crippen LogP contribution in [0.3, 0.4) is 0 Å². The second-order valence-electron chi connectivity index (χ2n) is 12.0. The Labute approximate surface area is 243 Å². The highest BCUT2D eigenvalue weighted by atomic mass is 16.6. The van der Waals surface area contributed by atoms with Crippen LogP contribution in [0.4, 0.5) is 22.1 Å². The highest BCUT2D eigenvalue weighted by molar-refractivity contribution is 6.00. The van der Waals surface area contributed by atoms with Gasteiger partial charge in [-0.3, -0.25) is 14.5 Å². The third-order valence-corrected chi connectivity index (χ3v) is 7.80. The van der Waals surface area contributed by atoms with E-state index in [-0.39, 0.29) is 58.2 Å². The molecule has 4 atom stereocenters. The third-order valence-electron chi connectivity index (χ3n) is 7.80. The molecule has 0 unspecified atom stereocenters. The normalized spacial score (nSPS) is 22.3. The molecule has 0 spiro atoms. The number of aliphatic hydroxyl groups excluding tert-OH is 1. The second kappa shape index (κ2) is 11.7. The Kier molecular flexibility index (Phi) is 8.24. The van der Waals surface area contributed by atoms with E-state index in [9.17, 15) is 19.5 Å². The molecule has 0 bridgehead atoms. The number of carbonyl (C=O) groups is 2. The maximum atomic E-state index is 13.4. The van der Waals surface area contributed by atoms with Crippen LogP contribution in [0, 0.1) is 0 Å². The van der Waals surface area contributed by atoms with Crippen molar-refractivity contribution in [3.63, 3.8) is 0 Å². The minimum absolute atomic E-state index is 0.0451. The van der Waals surface area contributed by atoms with Gasteiger partial charge in [-0.25, -0.2) is 9.78 Å². The summed E-state index contributed by atoms with van der Waals surface area (Å²) in [6, 6.07) is 4.57. The molecule has 2 aliphatic rings. The summed E-state index contributed by atoms with van der Waals surface area (Å²) < 4.78 is 13.9. The average Bonchev–Trinajstić information content (AvgIpc) is 3.68. The number of anilines is 3. The Morgan fingerprint density at radius 2 is 1.98 bits per heavy atom. The van der Waals surface area contributed by atoms with Gasteiger partial charge in [-0.15, -0.1) is 0 Å². The van der Waals surface area contributed by atoms with Crippen LogP contribution in [-0.2, 0) is 9.47 Å². The van der Waals surface area contributed by atoms with Crippen molar-refractivity contribution in [1.29, 1.82) is 0 Å². The van der Waals surface area contributed by atoms with E-state index in [2.05, 4.69) is 20.7 Å². The van der Waals surface area contributed by atoms with Crippen molar-refractivity contribution in [2.24, 2.45) is 0 Å². The molecule has 2 saturated carbocycles. The summed E-state index contributed by atoms with van der Waals surface area (Å²) in [5.41, 5.74) is -0.395. The smallest absolute Gasteiger partial charge is 0.415 e. The number of hydrogen-bond acceptors (Lipinski definition) is 9. The Morgan fingerprint density at radius 3 is 2.64 bits per heavy atom. The van der Waals surface area contributed by atoms with Gasteiger partial charge in [0.05, 0.1) is 24.4 Å². The molecule has 2 amide bonds. The zero-order valence-corrected chi connectivity index (χ0v) is 24.7. The number of hydrogen-bond donors (Lipinski definition) is 3. The van der Waals surface area contributed by atoms with Crippen LogP contribution in [0.25, 0.3) is 5.65 Å². The largest absolute Gasteiger partial charge is 0.443 e. The van der Waals surface area contributed by atoms with Crippen LogP contribution in [-0.4, -0.2) is 74.3 Å². The van der Waals surface area contributed by atoms with Gasteiger partial charge in [0.25, 0.3) is 11.5 Å². The van der Waals surface area contributed by atoms with Gasteiger partial charge in [-0.2, -0.15) is 9.61 Å². The first-order valence-corrected chi connectivity index (χ1v) is 14.3. The number of nitrogens with one attached hydrogen (secondary N) is 2. The molecule has 3 aromatic heterocycles. The first-order valence-electron chi connectivity index (χ1n) is 14.3. The number of amides is 2. The van der Waals surface area contributed by atoms with Gasteiger partial charge in [-0.05, 0) is 71.4 Å². The van der Waals surface area contributed by atoms with E-state index in [1.807, 2.05) is 0 Å². The van der Waals surface area contributed by atoms with Gasteiger partial charge in [0.15, 0.2) is 5.65 Å². The summed E-state index contributed by atoms with van der Waals surface area (Å²) in [5, 5.41) is 20.9. The maximum Gasteiger partial charge on any atom is 0.415 e. The third kappa shape index (κ3) is 6.12. The van der Waals surface area contributed by atoms with Crippen molar-refractivity contribution in [2.75, 3.05) is 24.4 Å².